The van der Waals surface area contributed by atoms with E-state index >= 15 is 0 Å². The predicted octanol–water partition coefficient (Wildman–Crippen LogP) is 1.16. The van der Waals surface area contributed by atoms with E-state index in [0.717, 1.165) is 26.1 Å². The van der Waals surface area contributed by atoms with E-state index in [0.29, 0.717) is 18.8 Å². The van der Waals surface area contributed by atoms with Crippen LogP contribution in [0.5, 0.6) is 0 Å². The van der Waals surface area contributed by atoms with Crippen LogP contribution in [0.25, 0.3) is 0 Å². The molecule has 0 unspecified atom stereocenters. The van der Waals surface area contributed by atoms with Crippen molar-refractivity contribution in [3.8, 4) is 0 Å². The first-order valence-electron chi connectivity index (χ1n) is 5.02. The molecular formula is C10H16O3. The van der Waals surface area contributed by atoms with Crippen molar-refractivity contribution in [3.05, 3.63) is 0 Å². The average molecular weight is 184 g/mol. The Morgan fingerprint density at radius 2 is 2.23 bits per heavy atom. The van der Waals surface area contributed by atoms with Crippen molar-refractivity contribution < 1.29 is 14.3 Å². The summed E-state index contributed by atoms with van der Waals surface area (Å²) in [4.78, 5) is 11.6. The highest BCUT2D eigenvalue weighted by atomic mass is 16.5. The van der Waals surface area contributed by atoms with Gasteiger partial charge in [0.25, 0.3) is 0 Å². The highest BCUT2D eigenvalue weighted by Crippen LogP contribution is 2.47. The molecule has 1 heterocycles. The third-order valence-electron chi connectivity index (χ3n) is 3.30. The first-order chi connectivity index (χ1) is 6.29. The third-order valence-corrected chi connectivity index (χ3v) is 3.30. The number of ether oxygens (including phenoxy) is 2. The zero-order valence-corrected chi connectivity index (χ0v) is 8.04. The smallest absolute Gasteiger partial charge is 0.144 e. The third kappa shape index (κ3) is 1.30. The van der Waals surface area contributed by atoms with Gasteiger partial charge in [-0.3, -0.25) is 4.79 Å². The van der Waals surface area contributed by atoms with Crippen LogP contribution in [-0.2, 0) is 14.3 Å². The molecule has 1 atom stereocenters. The van der Waals surface area contributed by atoms with Gasteiger partial charge in [-0.1, -0.05) is 0 Å². The minimum atomic E-state index is -0.158. The zero-order chi connectivity index (χ0) is 9.31. The maximum atomic E-state index is 11.6. The molecule has 2 aliphatic rings. The van der Waals surface area contributed by atoms with E-state index in [-0.39, 0.29) is 11.5 Å². The normalized spacial score (nSPS) is 31.8. The molecule has 0 aromatic rings. The van der Waals surface area contributed by atoms with Gasteiger partial charge in [0.1, 0.15) is 5.78 Å². The summed E-state index contributed by atoms with van der Waals surface area (Å²) in [5, 5.41) is 0. The minimum Gasteiger partial charge on any atom is -0.381 e. The van der Waals surface area contributed by atoms with E-state index in [1.807, 2.05) is 6.92 Å². The lowest BCUT2D eigenvalue weighted by atomic mass is 9.60. The van der Waals surface area contributed by atoms with E-state index in [1.54, 1.807) is 0 Å². The Morgan fingerprint density at radius 3 is 2.77 bits per heavy atom. The fraction of sp³-hybridized carbons (Fsp3) is 0.900. The first kappa shape index (κ1) is 9.16. The molecule has 13 heavy (non-hydrogen) atoms. The lowest BCUT2D eigenvalue weighted by Gasteiger charge is -2.49. The molecule has 0 aromatic carbocycles. The Bertz CT molecular complexity index is 206. The van der Waals surface area contributed by atoms with Gasteiger partial charge < -0.3 is 9.47 Å². The SMILES string of the molecule is CCO[C@H]1CC(=O)C12CCOCC2. The van der Waals surface area contributed by atoms with E-state index < -0.39 is 0 Å². The monoisotopic (exact) mass is 184 g/mol. The summed E-state index contributed by atoms with van der Waals surface area (Å²) >= 11 is 0. The number of hydrogen-bond acceptors (Lipinski definition) is 3. The molecule has 1 aliphatic heterocycles. The van der Waals surface area contributed by atoms with Gasteiger partial charge in [0, 0.05) is 26.2 Å². The summed E-state index contributed by atoms with van der Waals surface area (Å²) < 4.78 is 10.8. The molecule has 3 heteroatoms. The van der Waals surface area contributed by atoms with Crippen molar-refractivity contribution in [1.29, 1.82) is 0 Å². The van der Waals surface area contributed by atoms with Crippen LogP contribution in [0.3, 0.4) is 0 Å². The summed E-state index contributed by atoms with van der Waals surface area (Å²) in [5.74, 6) is 0.384. The summed E-state index contributed by atoms with van der Waals surface area (Å²) in [6.45, 7) is 4.13. The molecule has 0 amide bonds. The summed E-state index contributed by atoms with van der Waals surface area (Å²) in [6, 6.07) is 0. The van der Waals surface area contributed by atoms with Crippen LogP contribution >= 0.6 is 0 Å². The molecule has 1 saturated carbocycles. The summed E-state index contributed by atoms with van der Waals surface area (Å²) in [6.07, 6.45) is 2.51. The fourth-order valence-electron chi connectivity index (χ4n) is 2.37. The number of carbonyl (C=O) groups is 1. The highest BCUT2D eigenvalue weighted by Gasteiger charge is 2.55. The van der Waals surface area contributed by atoms with Gasteiger partial charge in [-0.05, 0) is 19.8 Å². The summed E-state index contributed by atoms with van der Waals surface area (Å²) in [7, 11) is 0. The molecule has 74 valence electrons. The van der Waals surface area contributed by atoms with E-state index in [2.05, 4.69) is 0 Å². The van der Waals surface area contributed by atoms with Gasteiger partial charge in [-0.15, -0.1) is 0 Å². The Balaban J connectivity index is 2.04. The first-order valence-corrected chi connectivity index (χ1v) is 5.02. The lowest BCUT2D eigenvalue weighted by Crippen LogP contribution is -2.57. The molecule has 2 fully saturated rings. The highest BCUT2D eigenvalue weighted by molar-refractivity contribution is 5.92. The van der Waals surface area contributed by atoms with Crippen molar-refractivity contribution in [2.75, 3.05) is 19.8 Å². The van der Waals surface area contributed by atoms with Gasteiger partial charge in [-0.25, -0.2) is 0 Å². The molecular weight excluding hydrogens is 168 g/mol. The minimum absolute atomic E-state index is 0.158. The second-order valence-corrected chi connectivity index (χ2v) is 3.84. The van der Waals surface area contributed by atoms with Crippen LogP contribution in [0.2, 0.25) is 0 Å². The topological polar surface area (TPSA) is 35.5 Å². The second kappa shape index (κ2) is 3.39. The van der Waals surface area contributed by atoms with Crippen molar-refractivity contribution in [2.45, 2.75) is 32.3 Å². The molecule has 2 rings (SSSR count). The van der Waals surface area contributed by atoms with Gasteiger partial charge in [0.2, 0.25) is 0 Å². The van der Waals surface area contributed by atoms with Crippen molar-refractivity contribution in [2.24, 2.45) is 5.41 Å². The lowest BCUT2D eigenvalue weighted by molar-refractivity contribution is -0.176. The molecule has 0 N–H and O–H groups in total. The standard InChI is InChI=1S/C10H16O3/c1-2-13-9-7-8(11)10(9)3-5-12-6-4-10/h9H,2-7H2,1H3/t9-/m0/s1. The molecule has 3 nitrogen and oxygen atoms in total. The summed E-state index contributed by atoms with van der Waals surface area (Å²) in [5.41, 5.74) is -0.158. The number of rotatable bonds is 2. The van der Waals surface area contributed by atoms with E-state index in [1.165, 1.54) is 0 Å². The average Bonchev–Trinajstić information content (AvgIpc) is 2.19. The maximum Gasteiger partial charge on any atom is 0.144 e. The van der Waals surface area contributed by atoms with Crippen molar-refractivity contribution in [1.82, 2.24) is 0 Å². The Kier molecular flexibility index (Phi) is 2.39. The molecule has 0 aromatic heterocycles. The van der Waals surface area contributed by atoms with Gasteiger partial charge >= 0.3 is 0 Å². The molecule has 0 bridgehead atoms. The largest absolute Gasteiger partial charge is 0.381 e. The predicted molar refractivity (Wildman–Crippen MR) is 47.5 cm³/mol. The zero-order valence-electron chi connectivity index (χ0n) is 8.04. The molecule has 1 spiro atoms. The van der Waals surface area contributed by atoms with Crippen molar-refractivity contribution in [3.63, 3.8) is 0 Å². The molecule has 1 aliphatic carbocycles. The number of hydrogen-bond donors (Lipinski definition) is 0. The maximum absolute atomic E-state index is 11.6. The second-order valence-electron chi connectivity index (χ2n) is 3.84. The van der Waals surface area contributed by atoms with Gasteiger partial charge in [0.15, 0.2) is 0 Å². The number of carbonyl (C=O) groups excluding carboxylic acids is 1. The number of ketones is 1. The van der Waals surface area contributed by atoms with Crippen molar-refractivity contribution >= 4 is 5.78 Å². The molecule has 0 radical (unpaired) electrons. The molecule has 1 saturated heterocycles. The van der Waals surface area contributed by atoms with Crippen LogP contribution in [0, 0.1) is 5.41 Å². The van der Waals surface area contributed by atoms with Gasteiger partial charge in [0.05, 0.1) is 11.5 Å². The van der Waals surface area contributed by atoms with Crippen LogP contribution in [0.1, 0.15) is 26.2 Å². The van der Waals surface area contributed by atoms with Crippen LogP contribution in [-0.4, -0.2) is 31.7 Å². The van der Waals surface area contributed by atoms with E-state index in [4.69, 9.17) is 9.47 Å². The quantitative estimate of drug-likeness (QED) is 0.646. The van der Waals surface area contributed by atoms with E-state index in [9.17, 15) is 4.79 Å². The van der Waals surface area contributed by atoms with Gasteiger partial charge in [-0.2, -0.15) is 0 Å². The number of Topliss-reactive ketones (excluding diaryl/α,β-unsaturated/α-hetero) is 1. The fourth-order valence-corrected chi connectivity index (χ4v) is 2.37. The van der Waals surface area contributed by atoms with Crippen LogP contribution in [0.15, 0.2) is 0 Å². The van der Waals surface area contributed by atoms with Crippen LogP contribution in [0.4, 0.5) is 0 Å². The Morgan fingerprint density at radius 1 is 1.54 bits per heavy atom. The van der Waals surface area contributed by atoms with Crippen LogP contribution < -0.4 is 0 Å². The Labute approximate surface area is 78.4 Å². The Hall–Kier alpha value is -0.410.